The summed E-state index contributed by atoms with van der Waals surface area (Å²) in [5, 5.41) is 6.82. The molecule has 0 saturated carbocycles. The van der Waals surface area contributed by atoms with Crippen LogP contribution in [0, 0.1) is 0 Å². The van der Waals surface area contributed by atoms with E-state index in [-0.39, 0.29) is 0 Å². The van der Waals surface area contributed by atoms with E-state index in [0.29, 0.717) is 18.8 Å². The summed E-state index contributed by atoms with van der Waals surface area (Å²) in [6.45, 7) is 16.8. The molecule has 7 heteroatoms. The van der Waals surface area contributed by atoms with Crippen LogP contribution < -0.4 is 10.6 Å². The third-order valence-corrected chi connectivity index (χ3v) is 5.74. The molecule has 2 N–H and O–H groups in total. The molecule has 3 rings (SSSR count). The van der Waals surface area contributed by atoms with E-state index < -0.39 is 0 Å². The van der Waals surface area contributed by atoms with Gasteiger partial charge in [-0.05, 0) is 44.9 Å². The van der Waals surface area contributed by atoms with E-state index >= 15 is 0 Å². The fourth-order valence-corrected chi connectivity index (χ4v) is 4.27. The van der Waals surface area contributed by atoms with Gasteiger partial charge in [0.05, 0.1) is 32.0 Å². The molecule has 0 bridgehead atoms. The largest absolute Gasteiger partial charge is 0.379 e. The zero-order valence-electron chi connectivity index (χ0n) is 19.6. The molecule has 2 atom stereocenters. The lowest BCUT2D eigenvalue weighted by Crippen LogP contribution is -2.44. The lowest BCUT2D eigenvalue weighted by Gasteiger charge is -2.35. The van der Waals surface area contributed by atoms with E-state index in [4.69, 9.17) is 14.5 Å². The molecule has 0 aliphatic carbocycles. The van der Waals surface area contributed by atoms with Crippen molar-refractivity contribution in [1.82, 2.24) is 20.4 Å². The molecule has 1 aromatic carbocycles. The monoisotopic (exact) mass is 431 g/mol. The van der Waals surface area contributed by atoms with Gasteiger partial charge in [-0.1, -0.05) is 24.3 Å². The highest BCUT2D eigenvalue weighted by molar-refractivity contribution is 5.79. The molecule has 7 nitrogen and oxygen atoms in total. The fraction of sp³-hybridized carbons (Fsp3) is 0.708. The van der Waals surface area contributed by atoms with Gasteiger partial charge in [0.15, 0.2) is 5.96 Å². The van der Waals surface area contributed by atoms with Crippen LogP contribution in [0.4, 0.5) is 0 Å². The molecular formula is C24H41N5O2. The molecule has 0 spiro atoms. The molecule has 2 unspecified atom stereocenters. The van der Waals surface area contributed by atoms with E-state index in [0.717, 1.165) is 78.0 Å². The zero-order valence-corrected chi connectivity index (χ0v) is 19.6. The third-order valence-electron chi connectivity index (χ3n) is 5.74. The van der Waals surface area contributed by atoms with Crippen molar-refractivity contribution in [2.24, 2.45) is 4.99 Å². The maximum Gasteiger partial charge on any atom is 0.191 e. The number of benzene rings is 1. The van der Waals surface area contributed by atoms with Crippen molar-refractivity contribution in [2.75, 3.05) is 59.0 Å². The van der Waals surface area contributed by atoms with Gasteiger partial charge in [0.25, 0.3) is 0 Å². The average molecular weight is 432 g/mol. The second kappa shape index (κ2) is 13.0. The Morgan fingerprint density at radius 1 is 1.00 bits per heavy atom. The van der Waals surface area contributed by atoms with Crippen LogP contribution in [0.25, 0.3) is 0 Å². The summed E-state index contributed by atoms with van der Waals surface area (Å²) < 4.78 is 11.2. The van der Waals surface area contributed by atoms with Gasteiger partial charge in [0.2, 0.25) is 0 Å². The highest BCUT2D eigenvalue weighted by atomic mass is 16.5. The predicted molar refractivity (Wildman–Crippen MR) is 126 cm³/mol. The number of hydrogen-bond acceptors (Lipinski definition) is 5. The molecule has 0 radical (unpaired) electrons. The number of hydrogen-bond donors (Lipinski definition) is 2. The molecule has 2 saturated heterocycles. The van der Waals surface area contributed by atoms with Gasteiger partial charge in [-0.3, -0.25) is 9.80 Å². The molecule has 0 amide bonds. The molecular weight excluding hydrogens is 390 g/mol. The SMILES string of the molecule is CCNC(=NCc1ccc(CN2CC(C)OC(C)C2)cc1)NCCCN1CCOCC1. The minimum Gasteiger partial charge on any atom is -0.379 e. The predicted octanol–water partition coefficient (Wildman–Crippen LogP) is 2.07. The first kappa shape index (κ1) is 24.0. The van der Waals surface area contributed by atoms with Crippen molar-refractivity contribution in [3.8, 4) is 0 Å². The van der Waals surface area contributed by atoms with Crippen LogP contribution in [0.1, 0.15) is 38.3 Å². The Morgan fingerprint density at radius 2 is 1.68 bits per heavy atom. The Balaban J connectivity index is 1.42. The number of morpholine rings is 2. The second-order valence-corrected chi connectivity index (χ2v) is 8.70. The summed E-state index contributed by atoms with van der Waals surface area (Å²) in [5.74, 6) is 0.893. The van der Waals surface area contributed by atoms with Gasteiger partial charge in [0, 0.05) is 45.8 Å². The maximum absolute atomic E-state index is 5.84. The van der Waals surface area contributed by atoms with Gasteiger partial charge in [0.1, 0.15) is 0 Å². The average Bonchev–Trinajstić information content (AvgIpc) is 2.76. The summed E-state index contributed by atoms with van der Waals surface area (Å²) in [4.78, 5) is 9.72. The lowest BCUT2D eigenvalue weighted by atomic mass is 10.1. The van der Waals surface area contributed by atoms with Crippen LogP contribution in [0.5, 0.6) is 0 Å². The van der Waals surface area contributed by atoms with Crippen LogP contribution in [-0.2, 0) is 22.6 Å². The lowest BCUT2D eigenvalue weighted by molar-refractivity contribution is -0.0704. The minimum absolute atomic E-state index is 0.309. The van der Waals surface area contributed by atoms with E-state index in [1.165, 1.54) is 11.1 Å². The standard InChI is InChI=1S/C24H41N5O2/c1-4-25-24(26-10-5-11-28-12-14-30-15-13-28)27-16-22-6-8-23(9-7-22)19-29-17-20(2)31-21(3)18-29/h6-9,20-21H,4-5,10-19H2,1-3H3,(H2,25,26,27). The molecule has 2 aliphatic heterocycles. The summed E-state index contributed by atoms with van der Waals surface area (Å²) >= 11 is 0. The smallest absolute Gasteiger partial charge is 0.191 e. The van der Waals surface area contributed by atoms with Crippen LogP contribution in [0.2, 0.25) is 0 Å². The third kappa shape index (κ3) is 8.77. The Bertz CT molecular complexity index is 650. The molecule has 1 aromatic rings. The van der Waals surface area contributed by atoms with Gasteiger partial charge < -0.3 is 20.1 Å². The molecule has 0 aromatic heterocycles. The van der Waals surface area contributed by atoms with Crippen LogP contribution >= 0.6 is 0 Å². The van der Waals surface area contributed by atoms with E-state index in [9.17, 15) is 0 Å². The van der Waals surface area contributed by atoms with Gasteiger partial charge in [-0.15, -0.1) is 0 Å². The Morgan fingerprint density at radius 3 is 2.35 bits per heavy atom. The normalized spacial score (nSPS) is 23.6. The van der Waals surface area contributed by atoms with Gasteiger partial charge >= 0.3 is 0 Å². The zero-order chi connectivity index (χ0) is 21.9. The number of rotatable bonds is 9. The van der Waals surface area contributed by atoms with E-state index in [1.807, 2.05) is 0 Å². The van der Waals surface area contributed by atoms with Crippen molar-refractivity contribution in [3.63, 3.8) is 0 Å². The Kier molecular flexibility index (Phi) is 10.1. The summed E-state index contributed by atoms with van der Waals surface area (Å²) in [5.41, 5.74) is 2.58. The highest BCUT2D eigenvalue weighted by Crippen LogP contribution is 2.15. The van der Waals surface area contributed by atoms with Gasteiger partial charge in [-0.25, -0.2) is 4.99 Å². The second-order valence-electron chi connectivity index (χ2n) is 8.70. The highest BCUT2D eigenvalue weighted by Gasteiger charge is 2.21. The number of nitrogens with one attached hydrogen (secondary N) is 2. The van der Waals surface area contributed by atoms with Crippen molar-refractivity contribution in [2.45, 2.75) is 52.5 Å². The fourth-order valence-electron chi connectivity index (χ4n) is 4.27. The maximum atomic E-state index is 5.84. The first-order valence-electron chi connectivity index (χ1n) is 11.9. The summed E-state index contributed by atoms with van der Waals surface area (Å²) in [7, 11) is 0. The van der Waals surface area contributed by atoms with Crippen molar-refractivity contribution in [3.05, 3.63) is 35.4 Å². The number of aliphatic imine (C=N–C) groups is 1. The molecule has 2 fully saturated rings. The Hall–Kier alpha value is -1.67. The number of nitrogens with zero attached hydrogens (tertiary/aromatic N) is 3. The minimum atomic E-state index is 0.309. The molecule has 31 heavy (non-hydrogen) atoms. The van der Waals surface area contributed by atoms with Crippen molar-refractivity contribution >= 4 is 5.96 Å². The van der Waals surface area contributed by atoms with Crippen LogP contribution in [0.15, 0.2) is 29.3 Å². The van der Waals surface area contributed by atoms with Crippen LogP contribution in [0.3, 0.4) is 0 Å². The quantitative estimate of drug-likeness (QED) is 0.355. The van der Waals surface area contributed by atoms with Crippen molar-refractivity contribution < 1.29 is 9.47 Å². The first-order valence-corrected chi connectivity index (χ1v) is 11.9. The topological polar surface area (TPSA) is 61.4 Å². The summed E-state index contributed by atoms with van der Waals surface area (Å²) in [6, 6.07) is 8.87. The van der Waals surface area contributed by atoms with E-state index in [2.05, 4.69) is 65.5 Å². The molecule has 2 aliphatic rings. The summed E-state index contributed by atoms with van der Waals surface area (Å²) in [6.07, 6.45) is 1.73. The van der Waals surface area contributed by atoms with Crippen molar-refractivity contribution in [1.29, 1.82) is 0 Å². The number of guanidine groups is 1. The number of ether oxygens (including phenoxy) is 2. The molecule has 174 valence electrons. The Labute approximate surface area is 188 Å². The van der Waals surface area contributed by atoms with E-state index in [1.54, 1.807) is 0 Å². The molecule has 2 heterocycles. The first-order chi connectivity index (χ1) is 15.1. The van der Waals surface area contributed by atoms with Gasteiger partial charge in [-0.2, -0.15) is 0 Å². The van der Waals surface area contributed by atoms with Crippen LogP contribution in [-0.4, -0.2) is 87.0 Å².